The molecule has 0 atom stereocenters. The first-order valence-corrected chi connectivity index (χ1v) is 13.4. The van der Waals surface area contributed by atoms with Crippen LogP contribution in [0.2, 0.25) is 0 Å². The van der Waals surface area contributed by atoms with Gasteiger partial charge in [0.15, 0.2) is 5.75 Å². The second-order valence-corrected chi connectivity index (χ2v) is 10.9. The van der Waals surface area contributed by atoms with E-state index in [-0.39, 0.29) is 9.79 Å². The van der Waals surface area contributed by atoms with Crippen molar-refractivity contribution in [2.45, 2.75) is 14.7 Å². The molecule has 0 N–H and O–H groups in total. The van der Waals surface area contributed by atoms with E-state index >= 15 is 0 Å². The maximum atomic E-state index is 12.5. The van der Waals surface area contributed by atoms with E-state index in [9.17, 15) is 29.8 Å². The van der Waals surface area contributed by atoms with E-state index in [0.717, 1.165) is 24.3 Å². The van der Waals surface area contributed by atoms with Gasteiger partial charge in [-0.15, -0.1) is 0 Å². The van der Waals surface area contributed by atoms with Gasteiger partial charge >= 0.3 is 30.4 Å². The van der Waals surface area contributed by atoms with Crippen LogP contribution < -0.4 is 17.8 Å². The second-order valence-electron chi connectivity index (χ2n) is 6.49. The number of rotatable bonds is 9. The lowest BCUT2D eigenvalue weighted by Crippen LogP contribution is -2.13. The van der Waals surface area contributed by atoms with E-state index in [2.05, 4.69) is 0 Å². The minimum absolute atomic E-state index is 0.276. The Morgan fingerprint density at radius 3 is 1.38 bits per heavy atom. The molecule has 0 aliphatic heterocycles. The molecule has 181 valence electrons. The average molecular weight is 530 g/mol. The topological polar surface area (TPSA) is 159 Å². The molecule has 11 nitrogen and oxygen atoms in total. The van der Waals surface area contributed by atoms with Crippen LogP contribution >= 0.6 is 0 Å². The summed E-state index contributed by atoms with van der Waals surface area (Å²) in [6, 6.07) is 12.4. The molecule has 0 aliphatic carbocycles. The average Bonchev–Trinajstić information content (AvgIpc) is 2.79. The van der Waals surface area contributed by atoms with Gasteiger partial charge in [0.2, 0.25) is 0 Å². The number of hydrogen-bond acceptors (Lipinski definition) is 10. The van der Waals surface area contributed by atoms with Crippen LogP contribution in [0.25, 0.3) is 0 Å². The molecule has 0 saturated carbocycles. The molecular weight excluding hydrogens is 512 g/mol. The molecule has 34 heavy (non-hydrogen) atoms. The predicted molar refractivity (Wildman–Crippen MR) is 116 cm³/mol. The van der Waals surface area contributed by atoms with Gasteiger partial charge in [-0.05, 0) is 60.7 Å². The van der Waals surface area contributed by atoms with E-state index in [4.69, 9.17) is 17.8 Å². The summed E-state index contributed by atoms with van der Waals surface area (Å²) in [5.74, 6) is -0.640. The highest BCUT2D eigenvalue weighted by molar-refractivity contribution is 7.87. The van der Waals surface area contributed by atoms with Crippen molar-refractivity contribution in [1.82, 2.24) is 0 Å². The van der Waals surface area contributed by atoms with Crippen molar-refractivity contribution in [2.24, 2.45) is 0 Å². The first-order chi connectivity index (χ1) is 15.9. The molecule has 0 spiro atoms. The van der Waals surface area contributed by atoms with Gasteiger partial charge in [-0.25, -0.2) is 0 Å². The first-order valence-electron chi connectivity index (χ1n) is 9.13. The lowest BCUT2D eigenvalue weighted by atomic mass is 10.3. The first kappa shape index (κ1) is 25.3. The Kier molecular flexibility index (Phi) is 7.07. The predicted octanol–water partition coefficient (Wildman–Crippen LogP) is 2.36. The Morgan fingerprint density at radius 1 is 0.559 bits per heavy atom. The van der Waals surface area contributed by atoms with Gasteiger partial charge < -0.3 is 17.8 Å². The smallest absolute Gasteiger partial charge is 0.339 e. The maximum Gasteiger partial charge on any atom is 0.339 e. The summed E-state index contributed by atoms with van der Waals surface area (Å²) in [7, 11) is -11.5. The zero-order chi connectivity index (χ0) is 25.1. The third-order valence-corrected chi connectivity index (χ3v) is 7.65. The summed E-state index contributed by atoms with van der Waals surface area (Å²) in [6.45, 7) is 0. The van der Waals surface area contributed by atoms with Gasteiger partial charge in [-0.1, -0.05) is 4.55 Å². The molecule has 3 aromatic carbocycles. The largest absolute Gasteiger partial charge is 0.497 e. The minimum Gasteiger partial charge on any atom is -0.497 e. The van der Waals surface area contributed by atoms with Gasteiger partial charge in [0.25, 0.3) is 0 Å². The van der Waals surface area contributed by atoms with Crippen molar-refractivity contribution in [1.29, 1.82) is 0 Å². The fraction of sp³-hybridized carbons (Fsp3) is 0.100. The molecule has 14 heteroatoms. The summed E-state index contributed by atoms with van der Waals surface area (Å²) in [5.41, 5.74) is 0. The number of methoxy groups -OCH3 is 2. The second kappa shape index (κ2) is 9.50. The van der Waals surface area contributed by atoms with Crippen LogP contribution in [-0.2, 0) is 34.9 Å². The van der Waals surface area contributed by atoms with Crippen molar-refractivity contribution >= 4 is 30.4 Å². The van der Waals surface area contributed by atoms with E-state index in [1.54, 1.807) is 0 Å². The third kappa shape index (κ3) is 5.77. The highest BCUT2D eigenvalue weighted by Crippen LogP contribution is 2.32. The molecule has 0 saturated heterocycles. The lowest BCUT2D eigenvalue weighted by Gasteiger charge is -2.12. The highest BCUT2D eigenvalue weighted by atomic mass is 32.2. The Balaban J connectivity index is 1.95. The standard InChI is InChI=1S/C20H17O11S3/c1-28-14-3-8-17(9-4-14)33(24,25)30-16-7-12-19(20(13-16)32(21,22)23)31-34(26,27)18-10-5-15(29-2)6-11-18/h3-13H,1-2H3. The Labute approximate surface area is 196 Å². The zero-order valence-electron chi connectivity index (χ0n) is 17.6. The summed E-state index contributed by atoms with van der Waals surface area (Å²) in [5, 5.41) is 0. The van der Waals surface area contributed by atoms with E-state index in [1.807, 2.05) is 0 Å². The van der Waals surface area contributed by atoms with Crippen LogP contribution in [0.5, 0.6) is 23.0 Å². The van der Waals surface area contributed by atoms with Gasteiger partial charge in [0, 0.05) is 6.07 Å². The molecule has 0 amide bonds. The molecule has 0 aliphatic rings. The van der Waals surface area contributed by atoms with Gasteiger partial charge in [0.05, 0.1) is 14.2 Å². The molecule has 3 aromatic rings. The highest BCUT2D eigenvalue weighted by Gasteiger charge is 2.27. The maximum absolute atomic E-state index is 12.5. The molecule has 3 rings (SSSR count). The normalized spacial score (nSPS) is 12.1. The zero-order valence-corrected chi connectivity index (χ0v) is 20.0. The Bertz CT molecular complexity index is 1490. The molecule has 1 radical (unpaired) electrons. The monoisotopic (exact) mass is 529 g/mol. The summed E-state index contributed by atoms with van der Waals surface area (Å²) in [6.07, 6.45) is 0. The minimum atomic E-state index is -5.30. The molecular formula is C20H17O11S3. The SMILES string of the molecule is COc1ccc(S(=O)(=O)Oc2ccc(OS(=O)(=O)c3ccc(OC)cc3)c(S([O])(=O)=O)c2)cc1. The summed E-state index contributed by atoms with van der Waals surface area (Å²) >= 11 is 0. The number of hydrogen-bond donors (Lipinski definition) is 0. The quantitative estimate of drug-likeness (QED) is 0.377. The number of ether oxygens (including phenoxy) is 2. The van der Waals surface area contributed by atoms with Crippen molar-refractivity contribution in [3.63, 3.8) is 0 Å². The van der Waals surface area contributed by atoms with Crippen molar-refractivity contribution < 1.29 is 47.6 Å². The Morgan fingerprint density at radius 2 is 0.971 bits per heavy atom. The summed E-state index contributed by atoms with van der Waals surface area (Å²) in [4.78, 5) is -1.75. The van der Waals surface area contributed by atoms with Crippen molar-refractivity contribution in [2.75, 3.05) is 14.2 Å². The van der Waals surface area contributed by atoms with Crippen LogP contribution in [0.3, 0.4) is 0 Å². The summed E-state index contributed by atoms with van der Waals surface area (Å²) < 4.78 is 105. The van der Waals surface area contributed by atoms with Crippen LogP contribution in [-0.4, -0.2) is 39.5 Å². The molecule has 0 fully saturated rings. The van der Waals surface area contributed by atoms with Crippen LogP contribution in [0.15, 0.2) is 81.4 Å². The lowest BCUT2D eigenvalue weighted by molar-refractivity contribution is 0.408. The molecule has 0 aromatic heterocycles. The molecule has 0 bridgehead atoms. The fourth-order valence-electron chi connectivity index (χ4n) is 2.63. The van der Waals surface area contributed by atoms with Crippen LogP contribution in [0.4, 0.5) is 0 Å². The van der Waals surface area contributed by atoms with Crippen molar-refractivity contribution in [3.8, 4) is 23.0 Å². The van der Waals surface area contributed by atoms with Crippen molar-refractivity contribution in [3.05, 3.63) is 66.7 Å². The van der Waals surface area contributed by atoms with Crippen LogP contribution in [0.1, 0.15) is 0 Å². The molecule has 0 heterocycles. The third-order valence-electron chi connectivity index (χ3n) is 4.29. The van der Waals surface area contributed by atoms with Gasteiger partial charge in [0.1, 0.15) is 31.9 Å². The van der Waals surface area contributed by atoms with E-state index in [0.29, 0.717) is 17.6 Å². The van der Waals surface area contributed by atoms with Crippen LogP contribution in [0, 0.1) is 0 Å². The van der Waals surface area contributed by atoms with Gasteiger partial charge in [-0.2, -0.15) is 25.3 Å². The molecule has 0 unspecified atom stereocenters. The Hall–Kier alpha value is -3.33. The van der Waals surface area contributed by atoms with Gasteiger partial charge in [-0.3, -0.25) is 0 Å². The number of benzene rings is 3. The fourth-order valence-corrected chi connectivity index (χ4v) is 5.17. The van der Waals surface area contributed by atoms with E-state index < -0.39 is 46.7 Å². The van der Waals surface area contributed by atoms with E-state index in [1.165, 1.54) is 50.6 Å².